The van der Waals surface area contributed by atoms with E-state index < -0.39 is 6.10 Å². The molecule has 0 unspecified atom stereocenters. The van der Waals surface area contributed by atoms with E-state index in [1.165, 1.54) is 12.1 Å². The first-order chi connectivity index (χ1) is 8.08. The molecule has 4 heteroatoms. The quantitative estimate of drug-likeness (QED) is 0.865. The van der Waals surface area contributed by atoms with E-state index in [-0.39, 0.29) is 5.82 Å². The van der Waals surface area contributed by atoms with Crippen LogP contribution in [0.25, 0.3) is 11.4 Å². The van der Waals surface area contributed by atoms with Crippen molar-refractivity contribution in [3.05, 3.63) is 47.5 Å². The van der Waals surface area contributed by atoms with Gasteiger partial charge in [0.25, 0.3) is 0 Å². The maximum atomic E-state index is 13.1. The summed E-state index contributed by atoms with van der Waals surface area (Å²) in [5.74, 6) is 0.148. The van der Waals surface area contributed by atoms with Gasteiger partial charge in [-0.2, -0.15) is 0 Å². The van der Waals surface area contributed by atoms with Crippen LogP contribution in [0.1, 0.15) is 24.3 Å². The Balaban J connectivity index is 2.44. The number of hydrogen-bond donors (Lipinski definition) is 1. The van der Waals surface area contributed by atoms with Gasteiger partial charge in [0, 0.05) is 23.0 Å². The molecule has 0 saturated heterocycles. The molecule has 0 aliphatic carbocycles. The van der Waals surface area contributed by atoms with Gasteiger partial charge in [0.05, 0.1) is 6.10 Å². The van der Waals surface area contributed by atoms with E-state index in [2.05, 4.69) is 9.97 Å². The van der Waals surface area contributed by atoms with Gasteiger partial charge in [0.1, 0.15) is 5.82 Å². The number of rotatable bonds is 2. The van der Waals surface area contributed by atoms with Gasteiger partial charge in [-0.25, -0.2) is 14.4 Å². The minimum absolute atomic E-state index is 0.316. The molecule has 0 radical (unpaired) electrons. The molecule has 2 aromatic rings. The number of hydrogen-bond acceptors (Lipinski definition) is 3. The fourth-order valence-electron chi connectivity index (χ4n) is 1.65. The molecule has 88 valence electrons. The molecule has 1 atom stereocenters. The van der Waals surface area contributed by atoms with Crippen LogP contribution in [0.4, 0.5) is 4.39 Å². The molecule has 0 fully saturated rings. The summed E-state index contributed by atoms with van der Waals surface area (Å²) in [6, 6.07) is 6.13. The maximum Gasteiger partial charge on any atom is 0.159 e. The van der Waals surface area contributed by atoms with Crippen LogP contribution in [0.5, 0.6) is 0 Å². The minimum atomic E-state index is -0.600. The van der Waals surface area contributed by atoms with Crippen molar-refractivity contribution < 1.29 is 9.50 Å². The predicted octanol–water partition coefficient (Wildman–Crippen LogP) is 2.64. The Morgan fingerprint density at radius 2 is 2.12 bits per heavy atom. The van der Waals surface area contributed by atoms with Gasteiger partial charge in [-0.05, 0) is 26.0 Å². The zero-order valence-electron chi connectivity index (χ0n) is 9.68. The zero-order chi connectivity index (χ0) is 12.4. The van der Waals surface area contributed by atoms with Gasteiger partial charge < -0.3 is 5.11 Å². The van der Waals surface area contributed by atoms with Gasteiger partial charge in [-0.1, -0.05) is 12.1 Å². The van der Waals surface area contributed by atoms with Crippen LogP contribution in [-0.2, 0) is 0 Å². The normalized spacial score (nSPS) is 12.5. The Morgan fingerprint density at radius 1 is 1.35 bits per heavy atom. The first kappa shape index (κ1) is 11.7. The lowest BCUT2D eigenvalue weighted by molar-refractivity contribution is 0.197. The summed E-state index contributed by atoms with van der Waals surface area (Å²) >= 11 is 0. The summed E-state index contributed by atoms with van der Waals surface area (Å²) in [5.41, 5.74) is 2.02. The van der Waals surface area contributed by atoms with Gasteiger partial charge in [0.2, 0.25) is 0 Å². The van der Waals surface area contributed by atoms with Crippen LogP contribution < -0.4 is 0 Å². The topological polar surface area (TPSA) is 46.0 Å². The summed E-state index contributed by atoms with van der Waals surface area (Å²) < 4.78 is 13.1. The van der Waals surface area contributed by atoms with Gasteiger partial charge in [-0.3, -0.25) is 0 Å². The molecule has 0 spiro atoms. The highest BCUT2D eigenvalue weighted by Crippen LogP contribution is 2.20. The molecule has 1 aromatic carbocycles. The molecule has 1 heterocycles. The van der Waals surface area contributed by atoms with Crippen molar-refractivity contribution in [2.45, 2.75) is 20.0 Å². The highest BCUT2D eigenvalue weighted by molar-refractivity contribution is 5.55. The number of aliphatic hydroxyl groups excluding tert-OH is 1. The van der Waals surface area contributed by atoms with Crippen LogP contribution in [0.2, 0.25) is 0 Å². The van der Waals surface area contributed by atoms with E-state index in [0.717, 1.165) is 0 Å². The van der Waals surface area contributed by atoms with Crippen molar-refractivity contribution in [2.24, 2.45) is 0 Å². The summed E-state index contributed by atoms with van der Waals surface area (Å²) in [6.07, 6.45) is 0.976. The molecule has 0 bridgehead atoms. The number of aliphatic hydroxyl groups is 1. The second-order valence-electron chi connectivity index (χ2n) is 3.92. The first-order valence-electron chi connectivity index (χ1n) is 5.35. The Kier molecular flexibility index (Phi) is 3.15. The monoisotopic (exact) mass is 232 g/mol. The largest absolute Gasteiger partial charge is 0.389 e. The van der Waals surface area contributed by atoms with E-state index in [0.29, 0.717) is 22.6 Å². The van der Waals surface area contributed by atoms with Crippen LogP contribution in [0, 0.1) is 12.7 Å². The van der Waals surface area contributed by atoms with E-state index in [4.69, 9.17) is 0 Å². The maximum absolute atomic E-state index is 13.1. The van der Waals surface area contributed by atoms with E-state index in [9.17, 15) is 9.50 Å². The second-order valence-corrected chi connectivity index (χ2v) is 3.92. The van der Waals surface area contributed by atoms with Crippen molar-refractivity contribution >= 4 is 0 Å². The highest BCUT2D eigenvalue weighted by Gasteiger charge is 2.09. The molecule has 0 aliphatic heterocycles. The molecular weight excluding hydrogens is 219 g/mol. The Bertz CT molecular complexity index is 541. The average molecular weight is 232 g/mol. The zero-order valence-corrected chi connectivity index (χ0v) is 9.68. The average Bonchev–Trinajstić information content (AvgIpc) is 2.28. The highest BCUT2D eigenvalue weighted by atomic mass is 19.1. The number of halogens is 1. The van der Waals surface area contributed by atoms with Gasteiger partial charge in [0.15, 0.2) is 5.82 Å². The Hall–Kier alpha value is -1.81. The third-order valence-corrected chi connectivity index (χ3v) is 2.55. The van der Waals surface area contributed by atoms with Crippen molar-refractivity contribution in [3.63, 3.8) is 0 Å². The van der Waals surface area contributed by atoms with Crippen molar-refractivity contribution in [2.75, 3.05) is 0 Å². The number of aryl methyl sites for hydroxylation is 1. The van der Waals surface area contributed by atoms with Crippen LogP contribution in [-0.4, -0.2) is 15.1 Å². The third-order valence-electron chi connectivity index (χ3n) is 2.55. The van der Waals surface area contributed by atoms with Crippen molar-refractivity contribution in [3.8, 4) is 11.4 Å². The summed E-state index contributed by atoms with van der Waals surface area (Å²) in [5, 5.41) is 9.47. The second kappa shape index (κ2) is 4.59. The molecule has 0 saturated carbocycles. The fourth-order valence-corrected chi connectivity index (χ4v) is 1.65. The van der Waals surface area contributed by atoms with Crippen LogP contribution >= 0.6 is 0 Å². The van der Waals surface area contributed by atoms with Crippen molar-refractivity contribution in [1.29, 1.82) is 0 Å². The molecular formula is C13H13FN2O. The molecule has 3 nitrogen and oxygen atoms in total. The predicted molar refractivity (Wildman–Crippen MR) is 62.8 cm³/mol. The lowest BCUT2D eigenvalue weighted by Crippen LogP contribution is -2.01. The molecule has 0 aliphatic rings. The fraction of sp³-hybridized carbons (Fsp3) is 0.231. The molecule has 1 aromatic heterocycles. The number of nitrogens with zero attached hydrogens (tertiary/aromatic N) is 2. The molecule has 0 amide bonds. The summed E-state index contributed by atoms with van der Waals surface area (Å²) in [6.45, 7) is 3.46. The summed E-state index contributed by atoms with van der Waals surface area (Å²) in [7, 11) is 0. The van der Waals surface area contributed by atoms with E-state index in [1.807, 2.05) is 0 Å². The standard InChI is InChI=1S/C13H13FN2O/c1-8-12(9(2)17)7-15-13(16-8)10-4-3-5-11(14)6-10/h3-7,9,17H,1-2H3/t9-/m1/s1. The lowest BCUT2D eigenvalue weighted by Gasteiger charge is -2.09. The van der Waals surface area contributed by atoms with Crippen molar-refractivity contribution in [1.82, 2.24) is 9.97 Å². The number of aromatic nitrogens is 2. The van der Waals surface area contributed by atoms with E-state index in [1.54, 1.807) is 32.2 Å². The van der Waals surface area contributed by atoms with Gasteiger partial charge >= 0.3 is 0 Å². The molecule has 2 rings (SSSR count). The number of benzene rings is 1. The SMILES string of the molecule is Cc1nc(-c2cccc(F)c2)ncc1[C@@H](C)O. The third kappa shape index (κ3) is 2.47. The first-order valence-corrected chi connectivity index (χ1v) is 5.35. The van der Waals surface area contributed by atoms with E-state index >= 15 is 0 Å². The smallest absolute Gasteiger partial charge is 0.159 e. The lowest BCUT2D eigenvalue weighted by atomic mass is 10.1. The molecule has 17 heavy (non-hydrogen) atoms. The van der Waals surface area contributed by atoms with Gasteiger partial charge in [-0.15, -0.1) is 0 Å². The molecule has 1 N–H and O–H groups in total. The minimum Gasteiger partial charge on any atom is -0.389 e. The Morgan fingerprint density at radius 3 is 2.71 bits per heavy atom. The summed E-state index contributed by atoms with van der Waals surface area (Å²) in [4.78, 5) is 8.40. The van der Waals surface area contributed by atoms with Crippen LogP contribution in [0.3, 0.4) is 0 Å². The Labute approximate surface area is 99.0 Å². The van der Waals surface area contributed by atoms with Crippen LogP contribution in [0.15, 0.2) is 30.5 Å².